The van der Waals surface area contributed by atoms with Crippen LogP contribution in [0.4, 0.5) is 0 Å². The van der Waals surface area contributed by atoms with Gasteiger partial charge in [-0.05, 0) is 38.0 Å². The maximum Gasteiger partial charge on any atom is 0.272 e. The molecule has 2 heterocycles. The minimum atomic E-state index is -3.57. The Morgan fingerprint density at radius 1 is 0.966 bits per heavy atom. The van der Waals surface area contributed by atoms with E-state index >= 15 is 0 Å². The smallest absolute Gasteiger partial charge is 0.272 e. The Hall–Kier alpha value is -2.51. The number of aryl methyl sites for hydroxylation is 3. The average Bonchev–Trinajstić information content (AvgIpc) is 3.00. The number of amides is 1. The highest BCUT2D eigenvalue weighted by Gasteiger charge is 2.44. The van der Waals surface area contributed by atoms with Crippen molar-refractivity contribution in [1.82, 2.24) is 9.62 Å². The summed E-state index contributed by atoms with van der Waals surface area (Å²) in [5.41, 5.74) is 3.27. The third kappa shape index (κ3) is 3.60. The Kier molecular flexibility index (Phi) is 4.83. The number of benzene rings is 2. The van der Waals surface area contributed by atoms with Crippen molar-refractivity contribution >= 4 is 21.6 Å². The second-order valence-corrected chi connectivity index (χ2v) is 9.89. The highest BCUT2D eigenvalue weighted by atomic mass is 32.2. The Morgan fingerprint density at radius 3 is 2.24 bits per heavy atom. The number of nitrogens with zero attached hydrogens (tertiary/aromatic N) is 2. The molecule has 0 saturated carbocycles. The summed E-state index contributed by atoms with van der Waals surface area (Å²) in [6, 6.07) is 13.2. The normalized spacial score (nSPS) is 19.3. The van der Waals surface area contributed by atoms with Gasteiger partial charge in [-0.25, -0.2) is 8.42 Å². The van der Waals surface area contributed by atoms with Crippen LogP contribution in [0.15, 0.2) is 52.4 Å². The fourth-order valence-electron chi connectivity index (χ4n) is 3.93. The first kappa shape index (κ1) is 19.8. The maximum atomic E-state index is 13.1. The molecule has 2 aliphatic rings. The van der Waals surface area contributed by atoms with Crippen molar-refractivity contribution in [3.05, 3.63) is 64.7 Å². The summed E-state index contributed by atoms with van der Waals surface area (Å²) in [4.78, 5) is 17.6. The molecule has 6 nitrogen and oxygen atoms in total. The van der Waals surface area contributed by atoms with Gasteiger partial charge in [0.2, 0.25) is 10.0 Å². The van der Waals surface area contributed by atoms with Crippen LogP contribution in [0.5, 0.6) is 0 Å². The van der Waals surface area contributed by atoms with Crippen LogP contribution in [-0.4, -0.2) is 43.1 Å². The van der Waals surface area contributed by atoms with Crippen molar-refractivity contribution in [1.29, 1.82) is 0 Å². The second-order valence-electron chi connectivity index (χ2n) is 7.99. The minimum Gasteiger partial charge on any atom is -0.326 e. The van der Waals surface area contributed by atoms with Crippen LogP contribution < -0.4 is 5.32 Å². The molecule has 0 radical (unpaired) electrons. The van der Waals surface area contributed by atoms with Gasteiger partial charge in [-0.3, -0.25) is 9.79 Å². The highest BCUT2D eigenvalue weighted by Crippen LogP contribution is 2.32. The largest absolute Gasteiger partial charge is 0.326 e. The van der Waals surface area contributed by atoms with Crippen molar-refractivity contribution in [2.75, 3.05) is 13.1 Å². The number of hydrogen-bond donors (Lipinski definition) is 1. The predicted octanol–water partition coefficient (Wildman–Crippen LogP) is 2.71. The fraction of sp³-hybridized carbons (Fsp3) is 0.364. The molecule has 0 aliphatic carbocycles. The molecule has 1 N–H and O–H groups in total. The number of carbonyl (C=O) groups is 1. The lowest BCUT2D eigenvalue weighted by Crippen LogP contribution is -2.52. The molecule has 29 heavy (non-hydrogen) atoms. The zero-order valence-electron chi connectivity index (χ0n) is 16.9. The van der Waals surface area contributed by atoms with E-state index in [2.05, 4.69) is 5.32 Å². The summed E-state index contributed by atoms with van der Waals surface area (Å²) in [6.07, 6.45) is 0.913. The Balaban J connectivity index is 1.55. The van der Waals surface area contributed by atoms with Gasteiger partial charge in [0, 0.05) is 31.5 Å². The van der Waals surface area contributed by atoms with Gasteiger partial charge in [0.15, 0.2) is 0 Å². The van der Waals surface area contributed by atoms with Crippen LogP contribution in [0.2, 0.25) is 0 Å². The molecule has 2 aromatic carbocycles. The van der Waals surface area contributed by atoms with Crippen LogP contribution in [0.1, 0.15) is 35.1 Å². The molecular weight excluding hydrogens is 386 g/mol. The fourth-order valence-corrected chi connectivity index (χ4v) is 5.68. The van der Waals surface area contributed by atoms with E-state index in [1.54, 1.807) is 6.07 Å². The lowest BCUT2D eigenvalue weighted by Gasteiger charge is -2.36. The zero-order chi connectivity index (χ0) is 20.8. The number of carbonyl (C=O) groups excluding carboxylic acids is 1. The Morgan fingerprint density at radius 2 is 1.59 bits per heavy atom. The number of nitrogens with one attached hydrogen (secondary N) is 1. The zero-order valence-corrected chi connectivity index (χ0v) is 17.7. The van der Waals surface area contributed by atoms with Crippen LogP contribution in [-0.2, 0) is 14.8 Å². The van der Waals surface area contributed by atoms with E-state index < -0.39 is 15.7 Å². The van der Waals surface area contributed by atoms with E-state index in [1.807, 2.05) is 57.2 Å². The van der Waals surface area contributed by atoms with Crippen molar-refractivity contribution < 1.29 is 13.2 Å². The van der Waals surface area contributed by atoms with E-state index in [9.17, 15) is 13.2 Å². The number of piperidine rings is 1. The molecule has 0 bridgehead atoms. The van der Waals surface area contributed by atoms with Crippen molar-refractivity contribution in [2.45, 2.75) is 44.2 Å². The van der Waals surface area contributed by atoms with Gasteiger partial charge in [0.05, 0.1) is 4.90 Å². The molecule has 1 fully saturated rings. The molecule has 7 heteroatoms. The maximum absolute atomic E-state index is 13.1. The molecule has 4 rings (SSSR count). The van der Waals surface area contributed by atoms with Gasteiger partial charge in [0.1, 0.15) is 11.4 Å². The standard InChI is InChI=1S/C22H25N3O3S/c1-15-5-8-18(9-6-15)20-21(26)24-22(23-20)10-12-25(13-11-22)29(27,28)19-14-16(2)4-7-17(19)3/h4-9,14H,10-13H2,1-3H3,(H,24,26). The predicted molar refractivity (Wildman–Crippen MR) is 112 cm³/mol. The monoisotopic (exact) mass is 411 g/mol. The topological polar surface area (TPSA) is 78.8 Å². The van der Waals surface area contributed by atoms with Crippen molar-refractivity contribution in [2.24, 2.45) is 4.99 Å². The number of sulfonamides is 1. The number of rotatable bonds is 3. The SMILES string of the molecule is Cc1ccc(C2=NC3(CCN(S(=O)(=O)c4cc(C)ccc4C)CC3)NC2=O)cc1. The van der Waals surface area contributed by atoms with Crippen LogP contribution in [0.3, 0.4) is 0 Å². The van der Waals surface area contributed by atoms with Gasteiger partial charge in [-0.1, -0.05) is 42.0 Å². The molecule has 0 aromatic heterocycles. The van der Waals surface area contributed by atoms with Crippen molar-refractivity contribution in [3.63, 3.8) is 0 Å². The number of aliphatic imine (C=N–C) groups is 1. The molecule has 2 aliphatic heterocycles. The summed E-state index contributed by atoms with van der Waals surface area (Å²) in [7, 11) is -3.57. The van der Waals surface area contributed by atoms with E-state index in [-0.39, 0.29) is 5.91 Å². The summed E-state index contributed by atoms with van der Waals surface area (Å²) in [5.74, 6) is -0.195. The Bertz CT molecular complexity index is 1100. The van der Waals surface area contributed by atoms with Gasteiger partial charge in [-0.2, -0.15) is 4.31 Å². The van der Waals surface area contributed by atoms with Gasteiger partial charge >= 0.3 is 0 Å². The lowest BCUT2D eigenvalue weighted by atomic mass is 10.00. The number of hydrogen-bond acceptors (Lipinski definition) is 4. The first-order chi connectivity index (χ1) is 13.7. The summed E-state index contributed by atoms with van der Waals surface area (Å²) < 4.78 is 27.8. The quantitative estimate of drug-likeness (QED) is 0.843. The third-order valence-corrected chi connectivity index (χ3v) is 7.76. The highest BCUT2D eigenvalue weighted by molar-refractivity contribution is 7.89. The first-order valence-electron chi connectivity index (χ1n) is 9.77. The van der Waals surface area contributed by atoms with Gasteiger partial charge < -0.3 is 5.32 Å². The van der Waals surface area contributed by atoms with Crippen molar-refractivity contribution in [3.8, 4) is 0 Å². The van der Waals surface area contributed by atoms with Crippen LogP contribution in [0.25, 0.3) is 0 Å². The molecule has 2 aromatic rings. The van der Waals surface area contributed by atoms with E-state index in [1.165, 1.54) is 4.31 Å². The lowest BCUT2D eigenvalue weighted by molar-refractivity contribution is -0.115. The molecular formula is C22H25N3O3S. The molecule has 1 saturated heterocycles. The molecule has 1 amide bonds. The second kappa shape index (κ2) is 7.07. The van der Waals surface area contributed by atoms with Crippen LogP contribution >= 0.6 is 0 Å². The van der Waals surface area contributed by atoms with Gasteiger partial charge in [0.25, 0.3) is 5.91 Å². The third-order valence-electron chi connectivity index (χ3n) is 5.72. The molecule has 0 unspecified atom stereocenters. The molecule has 1 spiro atoms. The molecule has 152 valence electrons. The minimum absolute atomic E-state index is 0.195. The summed E-state index contributed by atoms with van der Waals surface area (Å²) in [5, 5.41) is 3.00. The van der Waals surface area contributed by atoms with E-state index in [0.29, 0.717) is 36.5 Å². The first-order valence-corrected chi connectivity index (χ1v) is 11.2. The average molecular weight is 412 g/mol. The van der Waals surface area contributed by atoms with Gasteiger partial charge in [-0.15, -0.1) is 0 Å². The van der Waals surface area contributed by atoms with E-state index in [0.717, 1.165) is 22.3 Å². The van der Waals surface area contributed by atoms with Crippen LogP contribution in [0, 0.1) is 20.8 Å². The summed E-state index contributed by atoms with van der Waals surface area (Å²) >= 11 is 0. The summed E-state index contributed by atoms with van der Waals surface area (Å²) in [6.45, 7) is 6.33. The Labute approximate surface area is 171 Å². The molecule has 0 atom stereocenters. The van der Waals surface area contributed by atoms with E-state index in [4.69, 9.17) is 4.99 Å².